The van der Waals surface area contributed by atoms with E-state index in [4.69, 9.17) is 66.3 Å². The molecular weight excluding hydrogens is 1220 g/mol. The molecule has 15 atom stereocenters. The predicted molar refractivity (Wildman–Crippen MR) is 362 cm³/mol. The van der Waals surface area contributed by atoms with E-state index in [1.54, 1.807) is 11.8 Å². The number of esters is 1. The second kappa shape index (κ2) is 37.0. The Labute approximate surface area is 563 Å². The number of rotatable bonds is 34. The van der Waals surface area contributed by atoms with Gasteiger partial charge in [-0.25, -0.2) is 0 Å². The van der Waals surface area contributed by atoms with Crippen LogP contribution in [0.3, 0.4) is 0 Å². The molecule has 3 aliphatic rings. The Hall–Kier alpha value is -6.94. The highest BCUT2D eigenvalue weighted by atomic mass is 32.2. The summed E-state index contributed by atoms with van der Waals surface area (Å²) in [5.74, 6) is -0.254. The molecule has 3 fully saturated rings. The van der Waals surface area contributed by atoms with Crippen LogP contribution in [0.1, 0.15) is 65.3 Å². The van der Waals surface area contributed by atoms with Crippen molar-refractivity contribution in [1.82, 2.24) is 0 Å². The van der Waals surface area contributed by atoms with Crippen LogP contribution in [0.2, 0.25) is 0 Å². The van der Waals surface area contributed by atoms with E-state index in [-0.39, 0.29) is 65.4 Å². The number of carbonyl (C=O) groups is 1. The molecule has 3 aliphatic heterocycles. The third-order valence-electron chi connectivity index (χ3n) is 17.0. The van der Waals surface area contributed by atoms with Crippen molar-refractivity contribution >= 4 is 17.7 Å². The molecule has 0 aromatic heterocycles. The van der Waals surface area contributed by atoms with Gasteiger partial charge >= 0.3 is 5.97 Å². The third kappa shape index (κ3) is 20.6. The fourth-order valence-electron chi connectivity index (χ4n) is 12.2. The molecule has 0 N–H and O–H groups in total. The summed E-state index contributed by atoms with van der Waals surface area (Å²) < 4.78 is 99.3. The average molecular weight is 1310 g/mol. The lowest BCUT2D eigenvalue weighted by atomic mass is 9.90. The van der Waals surface area contributed by atoms with E-state index in [1.807, 2.05) is 243 Å². The van der Waals surface area contributed by atoms with Gasteiger partial charge in [0.2, 0.25) is 0 Å². The SMILES string of the molecule is CCS[C@@H]1OC(COCc2ccccc2)[C@H](OCc2ccccc2)[C@H](C)C1O[C@@H]1OC(COCc2ccccc2)[C@H](OCc2ccccc2)[C@H](OCc2ccccc2)C1O[C@@H]1OC(COCc2ccccc2)[C@H](OCc2ccccc2)C(OCc2ccccc2)C1OC(C)=O. The summed E-state index contributed by atoms with van der Waals surface area (Å²) in [6, 6.07) is 79.7. The first-order chi connectivity index (χ1) is 46.8. The third-order valence-corrected chi connectivity index (χ3v) is 18.0. The molecule has 0 saturated carbocycles. The molecule has 8 aromatic rings. The summed E-state index contributed by atoms with van der Waals surface area (Å²) >= 11 is 1.63. The van der Waals surface area contributed by atoms with Crippen LogP contribution in [-0.4, -0.2) is 117 Å². The normalized spacial score (nSPS) is 26.0. The summed E-state index contributed by atoms with van der Waals surface area (Å²) in [6.07, 6.45) is -12.4. The first-order valence-electron chi connectivity index (χ1n) is 33.0. The van der Waals surface area contributed by atoms with Gasteiger partial charge in [-0.1, -0.05) is 257 Å². The Bertz CT molecular complexity index is 3410. The van der Waals surface area contributed by atoms with Gasteiger partial charge in [-0.05, 0) is 50.3 Å². The summed E-state index contributed by atoms with van der Waals surface area (Å²) in [4.78, 5) is 13.9. The molecule has 15 nitrogen and oxygen atoms in total. The quantitative estimate of drug-likeness (QED) is 0.0352. The highest BCUT2D eigenvalue weighted by Gasteiger charge is 2.57. The minimum absolute atomic E-state index is 0.0261. The van der Waals surface area contributed by atoms with E-state index < -0.39 is 91.1 Å². The van der Waals surface area contributed by atoms with Crippen molar-refractivity contribution in [3.63, 3.8) is 0 Å². The van der Waals surface area contributed by atoms with E-state index in [9.17, 15) is 4.79 Å². The molecule has 0 aliphatic carbocycles. The molecule has 0 bridgehead atoms. The topological polar surface area (TPSA) is 146 Å². The van der Waals surface area contributed by atoms with E-state index >= 15 is 0 Å². The largest absolute Gasteiger partial charge is 0.454 e. The van der Waals surface area contributed by atoms with E-state index in [0.29, 0.717) is 19.0 Å². The lowest BCUT2D eigenvalue weighted by molar-refractivity contribution is -0.389. The Balaban J connectivity index is 1.01. The summed E-state index contributed by atoms with van der Waals surface area (Å²) in [6.45, 7) is 7.81. The van der Waals surface area contributed by atoms with Crippen molar-refractivity contribution in [3.8, 4) is 0 Å². The molecule has 7 unspecified atom stereocenters. The summed E-state index contributed by atoms with van der Waals surface area (Å²) in [5, 5.41) is 0. The molecule has 3 saturated heterocycles. The molecule has 11 rings (SSSR count). The monoisotopic (exact) mass is 1310 g/mol. The van der Waals surface area contributed by atoms with Gasteiger partial charge in [0.25, 0.3) is 0 Å². The second-order valence-electron chi connectivity index (χ2n) is 24.0. The van der Waals surface area contributed by atoms with Crippen molar-refractivity contribution in [3.05, 3.63) is 287 Å². The van der Waals surface area contributed by atoms with Crippen LogP contribution in [-0.2, 0) is 124 Å². The Morgan fingerprint density at radius 3 is 0.937 bits per heavy atom. The smallest absolute Gasteiger partial charge is 0.303 e. The molecule has 8 aromatic carbocycles. The van der Waals surface area contributed by atoms with Crippen molar-refractivity contribution < 1.29 is 71.1 Å². The zero-order chi connectivity index (χ0) is 65.2. The number of thioether (sulfide) groups is 1. The average Bonchev–Trinajstić information content (AvgIpc) is 0.825. The first-order valence-corrected chi connectivity index (χ1v) is 34.1. The zero-order valence-corrected chi connectivity index (χ0v) is 55.1. The van der Waals surface area contributed by atoms with E-state index in [0.717, 1.165) is 44.5 Å². The van der Waals surface area contributed by atoms with Crippen LogP contribution in [0.4, 0.5) is 0 Å². The Morgan fingerprint density at radius 1 is 0.337 bits per heavy atom. The maximum atomic E-state index is 13.9. The molecule has 0 spiro atoms. The van der Waals surface area contributed by atoms with Crippen LogP contribution < -0.4 is 0 Å². The van der Waals surface area contributed by atoms with Gasteiger partial charge in [-0.2, -0.15) is 0 Å². The van der Waals surface area contributed by atoms with Gasteiger partial charge in [-0.15, -0.1) is 11.8 Å². The number of benzene rings is 8. The second-order valence-corrected chi connectivity index (χ2v) is 25.4. The van der Waals surface area contributed by atoms with Crippen LogP contribution >= 0.6 is 11.8 Å². The number of hydrogen-bond donors (Lipinski definition) is 0. The van der Waals surface area contributed by atoms with Gasteiger partial charge in [0, 0.05) is 12.8 Å². The fraction of sp³-hybridized carbons (Fsp3) is 0.380. The summed E-state index contributed by atoms with van der Waals surface area (Å²) in [7, 11) is 0. The maximum absolute atomic E-state index is 13.9. The minimum atomic E-state index is -1.40. The minimum Gasteiger partial charge on any atom is -0.454 e. The van der Waals surface area contributed by atoms with Crippen molar-refractivity contribution in [2.24, 2.45) is 5.92 Å². The Kier molecular flexibility index (Phi) is 27.0. The van der Waals surface area contributed by atoms with Gasteiger partial charge in [0.1, 0.15) is 60.4 Å². The van der Waals surface area contributed by atoms with E-state index in [2.05, 4.69) is 13.8 Å². The summed E-state index contributed by atoms with van der Waals surface area (Å²) in [5.41, 5.74) is 7.07. The number of carbonyl (C=O) groups excluding carboxylic acids is 1. The van der Waals surface area contributed by atoms with Gasteiger partial charge in [0.15, 0.2) is 18.7 Å². The lowest BCUT2D eigenvalue weighted by Crippen LogP contribution is -2.67. The van der Waals surface area contributed by atoms with Crippen LogP contribution in [0.15, 0.2) is 243 Å². The van der Waals surface area contributed by atoms with Crippen molar-refractivity contribution in [2.75, 3.05) is 25.6 Å². The molecule has 500 valence electrons. The molecule has 3 heterocycles. The molecule has 16 heteroatoms. The number of hydrogen-bond acceptors (Lipinski definition) is 16. The molecule has 0 radical (unpaired) electrons. The highest BCUT2D eigenvalue weighted by molar-refractivity contribution is 7.99. The van der Waals surface area contributed by atoms with Crippen LogP contribution in [0.5, 0.6) is 0 Å². The van der Waals surface area contributed by atoms with E-state index in [1.165, 1.54) is 6.92 Å². The fourth-order valence-corrected chi connectivity index (χ4v) is 13.3. The van der Waals surface area contributed by atoms with Gasteiger partial charge < -0.3 is 66.3 Å². The standard InChI is InChI=1S/C79H88O15S/c1-4-95-79-70(56(2)69(84-48-61-35-19-8-20-36-61)66(92-79)53-81-45-58-29-13-5-14-30-58)93-78-76(74(88-52-65-43-27-12-28-44-65)72(86-50-63-39-23-10-24-40-63)68(91-78)55-83-47-60-33-17-7-18-34-60)94-77-75(89-57(3)80)73(87-51-64-41-25-11-26-42-64)71(85-49-62-37-21-9-22-38-62)67(90-77)54-82-46-59-31-15-6-16-32-59/h5-44,56,66-79H,4,45-55H2,1-3H3/t56-,66?,67?,68?,69+,70?,71-,72-,73?,74-,75?,76?,77-,78-,79-/m0/s1. The van der Waals surface area contributed by atoms with Crippen molar-refractivity contribution in [2.45, 2.75) is 159 Å². The molecule has 0 amide bonds. The molecular formula is C79H88O15S. The zero-order valence-electron chi connectivity index (χ0n) is 54.3. The first kappa shape index (κ1) is 69.4. The predicted octanol–water partition coefficient (Wildman–Crippen LogP) is 13.8. The molecule has 95 heavy (non-hydrogen) atoms. The van der Waals surface area contributed by atoms with Crippen LogP contribution in [0.25, 0.3) is 0 Å². The Morgan fingerprint density at radius 2 is 0.611 bits per heavy atom. The van der Waals surface area contributed by atoms with Crippen LogP contribution in [0, 0.1) is 5.92 Å². The number of ether oxygens (including phenoxy) is 14. The lowest BCUT2D eigenvalue weighted by Gasteiger charge is -2.51. The highest BCUT2D eigenvalue weighted by Crippen LogP contribution is 2.42. The van der Waals surface area contributed by atoms with Gasteiger partial charge in [0.05, 0.1) is 78.8 Å². The maximum Gasteiger partial charge on any atom is 0.303 e. The van der Waals surface area contributed by atoms with Crippen molar-refractivity contribution in [1.29, 1.82) is 0 Å². The van der Waals surface area contributed by atoms with Gasteiger partial charge in [-0.3, -0.25) is 4.79 Å².